The van der Waals surface area contributed by atoms with Crippen molar-refractivity contribution in [2.45, 2.75) is 19.8 Å². The number of hydrogen-bond acceptors (Lipinski definition) is 3. The minimum atomic E-state index is -0.552. The maximum Gasteiger partial charge on any atom is 0.224 e. The number of halogens is 1. The molecule has 6 heteroatoms. The summed E-state index contributed by atoms with van der Waals surface area (Å²) in [5, 5.41) is 5.05. The van der Waals surface area contributed by atoms with Crippen LogP contribution < -0.4 is 10.6 Å². The quantitative estimate of drug-likeness (QED) is 0.892. The van der Waals surface area contributed by atoms with E-state index >= 15 is 0 Å². The van der Waals surface area contributed by atoms with Crippen LogP contribution in [-0.4, -0.2) is 16.8 Å². The van der Waals surface area contributed by atoms with Crippen molar-refractivity contribution in [3.05, 3.63) is 54.1 Å². The van der Waals surface area contributed by atoms with Gasteiger partial charge in [0.05, 0.1) is 5.69 Å². The lowest BCUT2D eigenvalue weighted by Crippen LogP contribution is -2.13. The Bertz CT molecular complexity index is 674. The van der Waals surface area contributed by atoms with Gasteiger partial charge in [-0.2, -0.15) is 0 Å². The van der Waals surface area contributed by atoms with Gasteiger partial charge in [0.1, 0.15) is 5.82 Å². The summed E-state index contributed by atoms with van der Waals surface area (Å²) in [7, 11) is 0. The highest BCUT2D eigenvalue weighted by Crippen LogP contribution is 2.20. The molecule has 0 saturated heterocycles. The second kappa shape index (κ2) is 7.31. The highest BCUT2D eigenvalue weighted by atomic mass is 19.1. The lowest BCUT2D eigenvalue weighted by molar-refractivity contribution is -0.116. The average Bonchev–Trinajstić information content (AvgIpc) is 2.49. The van der Waals surface area contributed by atoms with E-state index in [-0.39, 0.29) is 17.5 Å². The average molecular weight is 301 g/mol. The number of carbonyl (C=O) groups excluding carboxylic acids is 2. The molecule has 22 heavy (non-hydrogen) atoms. The van der Waals surface area contributed by atoms with Crippen LogP contribution in [0.15, 0.2) is 42.7 Å². The van der Waals surface area contributed by atoms with E-state index in [0.717, 1.165) is 5.56 Å². The van der Waals surface area contributed by atoms with E-state index in [4.69, 9.17) is 0 Å². The Morgan fingerprint density at radius 3 is 2.73 bits per heavy atom. The van der Waals surface area contributed by atoms with Gasteiger partial charge < -0.3 is 10.6 Å². The largest absolute Gasteiger partial charge is 0.326 e. The summed E-state index contributed by atoms with van der Waals surface area (Å²) in [4.78, 5) is 26.9. The zero-order valence-corrected chi connectivity index (χ0v) is 12.1. The highest BCUT2D eigenvalue weighted by molar-refractivity contribution is 5.93. The number of hydrogen-bond donors (Lipinski definition) is 2. The fourth-order valence-electron chi connectivity index (χ4n) is 1.92. The van der Waals surface area contributed by atoms with Gasteiger partial charge in [-0.25, -0.2) is 4.39 Å². The molecular formula is C16H16FN3O2. The molecule has 1 aromatic heterocycles. The number of pyridine rings is 1. The molecule has 0 atom stereocenters. The Labute approximate surface area is 127 Å². The molecule has 1 aromatic carbocycles. The van der Waals surface area contributed by atoms with Crippen molar-refractivity contribution in [3.63, 3.8) is 0 Å². The normalized spacial score (nSPS) is 10.1. The molecule has 1 heterocycles. The maximum absolute atomic E-state index is 13.5. The number of nitrogens with zero attached hydrogens (tertiary/aromatic N) is 1. The number of anilines is 2. The lowest BCUT2D eigenvalue weighted by atomic mass is 10.1. The number of rotatable bonds is 5. The van der Waals surface area contributed by atoms with Crippen molar-refractivity contribution in [1.82, 2.24) is 4.98 Å². The minimum Gasteiger partial charge on any atom is -0.326 e. The third-order valence-corrected chi connectivity index (χ3v) is 2.92. The molecule has 2 aromatic rings. The standard InChI is InChI=1S/C16H16FN3O2/c1-11(21)19-15-9-13(5-6-14(15)17)20-16(22)7-4-12-3-2-8-18-10-12/h2-3,5-6,8-10H,4,7H2,1H3,(H,19,21)(H,20,22). The molecular weight excluding hydrogens is 285 g/mol. The van der Waals surface area contributed by atoms with Gasteiger partial charge in [0.25, 0.3) is 0 Å². The molecule has 114 valence electrons. The van der Waals surface area contributed by atoms with Crippen molar-refractivity contribution < 1.29 is 14.0 Å². The first kappa shape index (κ1) is 15.6. The maximum atomic E-state index is 13.5. The van der Waals surface area contributed by atoms with Crippen LogP contribution in [0.25, 0.3) is 0 Å². The number of aromatic nitrogens is 1. The first-order valence-electron chi connectivity index (χ1n) is 6.80. The lowest BCUT2D eigenvalue weighted by Gasteiger charge is -2.09. The topological polar surface area (TPSA) is 71.1 Å². The SMILES string of the molecule is CC(=O)Nc1cc(NC(=O)CCc2cccnc2)ccc1F. The Hall–Kier alpha value is -2.76. The van der Waals surface area contributed by atoms with E-state index in [9.17, 15) is 14.0 Å². The van der Waals surface area contributed by atoms with Crippen LogP contribution in [0.2, 0.25) is 0 Å². The van der Waals surface area contributed by atoms with Crippen LogP contribution in [0.3, 0.4) is 0 Å². The summed E-state index contributed by atoms with van der Waals surface area (Å²) >= 11 is 0. The van der Waals surface area contributed by atoms with Gasteiger partial charge in [-0.15, -0.1) is 0 Å². The fraction of sp³-hybridized carbons (Fsp3) is 0.188. The van der Waals surface area contributed by atoms with Crippen molar-refractivity contribution in [2.24, 2.45) is 0 Å². The molecule has 0 bridgehead atoms. The molecule has 0 fully saturated rings. The first-order valence-corrected chi connectivity index (χ1v) is 6.80. The molecule has 5 nitrogen and oxygen atoms in total. The predicted molar refractivity (Wildman–Crippen MR) is 81.9 cm³/mol. The number of amides is 2. The van der Waals surface area contributed by atoms with Crippen LogP contribution in [0, 0.1) is 5.82 Å². The Kier molecular flexibility index (Phi) is 5.19. The van der Waals surface area contributed by atoms with Crippen molar-refractivity contribution >= 4 is 23.2 Å². The van der Waals surface area contributed by atoms with E-state index < -0.39 is 5.82 Å². The molecule has 0 aliphatic heterocycles. The Morgan fingerprint density at radius 1 is 1.23 bits per heavy atom. The van der Waals surface area contributed by atoms with E-state index in [0.29, 0.717) is 18.5 Å². The van der Waals surface area contributed by atoms with Crippen LogP contribution in [0.4, 0.5) is 15.8 Å². The second-order valence-corrected chi connectivity index (χ2v) is 4.79. The third kappa shape index (κ3) is 4.66. The summed E-state index contributed by atoms with van der Waals surface area (Å²) in [5.41, 5.74) is 1.44. The van der Waals surface area contributed by atoms with Crippen LogP contribution in [0.5, 0.6) is 0 Å². The van der Waals surface area contributed by atoms with Gasteiger partial charge in [0.2, 0.25) is 11.8 Å². The van der Waals surface area contributed by atoms with Gasteiger partial charge in [0.15, 0.2) is 0 Å². The zero-order chi connectivity index (χ0) is 15.9. The summed E-state index contributed by atoms with van der Waals surface area (Å²) in [6, 6.07) is 7.74. The Balaban J connectivity index is 1.95. The molecule has 0 spiro atoms. The fourth-order valence-corrected chi connectivity index (χ4v) is 1.92. The van der Waals surface area contributed by atoms with Gasteiger partial charge in [-0.1, -0.05) is 6.07 Å². The molecule has 2 N–H and O–H groups in total. The van der Waals surface area contributed by atoms with Crippen LogP contribution in [0.1, 0.15) is 18.9 Å². The monoisotopic (exact) mass is 301 g/mol. The van der Waals surface area contributed by atoms with Gasteiger partial charge in [0, 0.05) is 31.4 Å². The van der Waals surface area contributed by atoms with Crippen molar-refractivity contribution in [3.8, 4) is 0 Å². The highest BCUT2D eigenvalue weighted by Gasteiger charge is 2.08. The molecule has 2 rings (SSSR count). The predicted octanol–water partition coefficient (Wildman–Crippen LogP) is 2.75. The van der Waals surface area contributed by atoms with Crippen molar-refractivity contribution in [2.75, 3.05) is 10.6 Å². The number of nitrogens with one attached hydrogen (secondary N) is 2. The van der Waals surface area contributed by atoms with Gasteiger partial charge >= 0.3 is 0 Å². The molecule has 0 radical (unpaired) electrons. The summed E-state index contributed by atoms with van der Waals surface area (Å²) in [6.07, 6.45) is 4.24. The number of benzene rings is 1. The van der Waals surface area contributed by atoms with E-state index in [1.165, 1.54) is 25.1 Å². The summed E-state index contributed by atoms with van der Waals surface area (Å²) in [5.74, 6) is -1.12. The molecule has 2 amide bonds. The Morgan fingerprint density at radius 2 is 2.05 bits per heavy atom. The molecule has 0 aliphatic carbocycles. The second-order valence-electron chi connectivity index (χ2n) is 4.79. The van der Waals surface area contributed by atoms with Gasteiger partial charge in [-0.3, -0.25) is 14.6 Å². The van der Waals surface area contributed by atoms with Crippen LogP contribution >= 0.6 is 0 Å². The smallest absolute Gasteiger partial charge is 0.224 e. The third-order valence-electron chi connectivity index (χ3n) is 2.92. The van der Waals surface area contributed by atoms with E-state index in [2.05, 4.69) is 15.6 Å². The summed E-state index contributed by atoms with van der Waals surface area (Å²) in [6.45, 7) is 1.29. The number of carbonyl (C=O) groups is 2. The van der Waals surface area contributed by atoms with Crippen LogP contribution in [-0.2, 0) is 16.0 Å². The van der Waals surface area contributed by atoms with E-state index in [1.807, 2.05) is 12.1 Å². The molecule has 0 aliphatic rings. The summed E-state index contributed by atoms with van der Waals surface area (Å²) < 4.78 is 13.5. The first-order chi connectivity index (χ1) is 10.5. The van der Waals surface area contributed by atoms with Gasteiger partial charge in [-0.05, 0) is 36.2 Å². The molecule has 0 unspecified atom stereocenters. The zero-order valence-electron chi connectivity index (χ0n) is 12.1. The number of aryl methyl sites for hydroxylation is 1. The molecule has 0 saturated carbocycles. The van der Waals surface area contributed by atoms with Crippen molar-refractivity contribution in [1.29, 1.82) is 0 Å². The van der Waals surface area contributed by atoms with E-state index in [1.54, 1.807) is 12.4 Å². The minimum absolute atomic E-state index is 0.0394.